The average Bonchev–Trinajstić information content (AvgIpc) is 2.59. The standard InChI is InChI=1S/C18H22N4O3/c1-13-19-10-9-16(21-13)12-20-18(25)22-15(7-8-17(23)24)11-14-5-3-2-4-6-14/h2-6,9-10,15H,7-8,11-12H2,1H3,(H,23,24)(H2,20,22,25). The number of nitrogens with zero attached hydrogens (tertiary/aromatic N) is 2. The second kappa shape index (κ2) is 9.36. The third-order valence-corrected chi connectivity index (χ3v) is 3.63. The summed E-state index contributed by atoms with van der Waals surface area (Å²) in [6, 6.07) is 10.8. The highest BCUT2D eigenvalue weighted by molar-refractivity contribution is 5.74. The quantitative estimate of drug-likeness (QED) is 0.681. The number of carbonyl (C=O) groups excluding carboxylic acids is 1. The molecule has 2 amide bonds. The van der Waals surface area contributed by atoms with Crippen molar-refractivity contribution in [1.82, 2.24) is 20.6 Å². The Labute approximate surface area is 146 Å². The number of aromatic nitrogens is 2. The number of rotatable bonds is 8. The molecule has 2 aromatic rings. The largest absolute Gasteiger partial charge is 0.481 e. The van der Waals surface area contributed by atoms with Gasteiger partial charge in [0.25, 0.3) is 0 Å². The van der Waals surface area contributed by atoms with Crippen LogP contribution in [0.5, 0.6) is 0 Å². The van der Waals surface area contributed by atoms with Crippen LogP contribution in [-0.4, -0.2) is 33.1 Å². The van der Waals surface area contributed by atoms with E-state index in [2.05, 4.69) is 20.6 Å². The fourth-order valence-corrected chi connectivity index (χ4v) is 2.43. The van der Waals surface area contributed by atoms with Crippen LogP contribution in [0.2, 0.25) is 0 Å². The molecule has 1 aromatic heterocycles. The van der Waals surface area contributed by atoms with Gasteiger partial charge in [0, 0.05) is 18.7 Å². The minimum Gasteiger partial charge on any atom is -0.481 e. The summed E-state index contributed by atoms with van der Waals surface area (Å²) in [4.78, 5) is 31.2. The number of carbonyl (C=O) groups is 2. The molecule has 1 heterocycles. The first-order chi connectivity index (χ1) is 12.0. The molecule has 2 rings (SSSR count). The van der Waals surface area contributed by atoms with Gasteiger partial charge < -0.3 is 15.7 Å². The van der Waals surface area contributed by atoms with Crippen molar-refractivity contribution >= 4 is 12.0 Å². The number of aryl methyl sites for hydroxylation is 1. The van der Waals surface area contributed by atoms with Crippen LogP contribution in [0.15, 0.2) is 42.6 Å². The normalized spacial score (nSPS) is 11.6. The fraction of sp³-hybridized carbons (Fsp3) is 0.333. The molecule has 0 bridgehead atoms. The van der Waals surface area contributed by atoms with E-state index in [0.29, 0.717) is 24.4 Å². The summed E-state index contributed by atoms with van der Waals surface area (Å²) in [6.07, 6.45) is 2.59. The third kappa shape index (κ3) is 6.99. The minimum atomic E-state index is -0.878. The van der Waals surface area contributed by atoms with Crippen LogP contribution < -0.4 is 10.6 Å². The Kier molecular flexibility index (Phi) is 6.88. The van der Waals surface area contributed by atoms with E-state index >= 15 is 0 Å². The van der Waals surface area contributed by atoms with Crippen LogP contribution in [0.25, 0.3) is 0 Å². The van der Waals surface area contributed by atoms with Gasteiger partial charge in [-0.25, -0.2) is 14.8 Å². The molecule has 0 aliphatic rings. The predicted octanol–water partition coefficient (Wildman–Crippen LogP) is 2.06. The highest BCUT2D eigenvalue weighted by atomic mass is 16.4. The lowest BCUT2D eigenvalue weighted by atomic mass is 10.0. The molecule has 0 aliphatic heterocycles. The van der Waals surface area contributed by atoms with Gasteiger partial charge >= 0.3 is 12.0 Å². The Morgan fingerprint density at radius 1 is 1.20 bits per heavy atom. The Balaban J connectivity index is 1.90. The number of carboxylic acids is 1. The molecule has 1 unspecified atom stereocenters. The Morgan fingerprint density at radius 3 is 2.64 bits per heavy atom. The molecular formula is C18H22N4O3. The summed E-state index contributed by atoms with van der Waals surface area (Å²) < 4.78 is 0. The number of hydrogen-bond donors (Lipinski definition) is 3. The van der Waals surface area contributed by atoms with E-state index in [1.807, 2.05) is 30.3 Å². The van der Waals surface area contributed by atoms with Crippen molar-refractivity contribution in [1.29, 1.82) is 0 Å². The van der Waals surface area contributed by atoms with E-state index in [1.165, 1.54) is 0 Å². The van der Waals surface area contributed by atoms with Gasteiger partial charge in [-0.05, 0) is 31.4 Å². The number of amides is 2. The van der Waals surface area contributed by atoms with Crippen molar-refractivity contribution in [2.45, 2.75) is 38.8 Å². The molecular weight excluding hydrogens is 320 g/mol. The van der Waals surface area contributed by atoms with Gasteiger partial charge in [0.2, 0.25) is 0 Å². The topological polar surface area (TPSA) is 104 Å². The van der Waals surface area contributed by atoms with Crippen LogP contribution in [0, 0.1) is 6.92 Å². The number of hydrogen-bond acceptors (Lipinski definition) is 4. The van der Waals surface area contributed by atoms with Crippen molar-refractivity contribution in [2.75, 3.05) is 0 Å². The summed E-state index contributed by atoms with van der Waals surface area (Å²) in [5.41, 5.74) is 1.76. The molecule has 0 spiro atoms. The van der Waals surface area contributed by atoms with Crippen molar-refractivity contribution in [3.05, 3.63) is 59.7 Å². The number of nitrogens with one attached hydrogen (secondary N) is 2. The van der Waals surface area contributed by atoms with E-state index < -0.39 is 5.97 Å². The molecule has 25 heavy (non-hydrogen) atoms. The lowest BCUT2D eigenvalue weighted by Gasteiger charge is -2.18. The van der Waals surface area contributed by atoms with Crippen LogP contribution in [0.4, 0.5) is 4.79 Å². The van der Waals surface area contributed by atoms with Gasteiger partial charge in [-0.1, -0.05) is 30.3 Å². The third-order valence-electron chi connectivity index (χ3n) is 3.63. The molecule has 132 valence electrons. The maximum atomic E-state index is 12.1. The first kappa shape index (κ1) is 18.4. The molecule has 0 fully saturated rings. The lowest BCUT2D eigenvalue weighted by molar-refractivity contribution is -0.137. The van der Waals surface area contributed by atoms with Gasteiger partial charge in [-0.15, -0.1) is 0 Å². The maximum absolute atomic E-state index is 12.1. The van der Waals surface area contributed by atoms with Gasteiger partial charge in [-0.3, -0.25) is 4.79 Å². The monoisotopic (exact) mass is 342 g/mol. The first-order valence-electron chi connectivity index (χ1n) is 8.11. The minimum absolute atomic E-state index is 0.00286. The van der Waals surface area contributed by atoms with Crippen molar-refractivity contribution < 1.29 is 14.7 Å². The molecule has 7 nitrogen and oxygen atoms in total. The summed E-state index contributed by atoms with van der Waals surface area (Å²) >= 11 is 0. The van der Waals surface area contributed by atoms with Crippen LogP contribution in [0.3, 0.4) is 0 Å². The van der Waals surface area contributed by atoms with Gasteiger partial charge in [0.1, 0.15) is 5.82 Å². The number of benzene rings is 1. The zero-order valence-electron chi connectivity index (χ0n) is 14.1. The van der Waals surface area contributed by atoms with Gasteiger partial charge in [-0.2, -0.15) is 0 Å². The predicted molar refractivity (Wildman–Crippen MR) is 92.9 cm³/mol. The zero-order valence-corrected chi connectivity index (χ0v) is 14.1. The van der Waals surface area contributed by atoms with E-state index in [0.717, 1.165) is 5.56 Å². The highest BCUT2D eigenvalue weighted by Crippen LogP contribution is 2.08. The second-order valence-electron chi connectivity index (χ2n) is 5.74. The Hall–Kier alpha value is -2.96. The molecule has 0 aliphatic carbocycles. The molecule has 0 radical (unpaired) electrons. The van der Waals surface area contributed by atoms with Crippen molar-refractivity contribution in [2.24, 2.45) is 0 Å². The van der Waals surface area contributed by atoms with E-state index in [1.54, 1.807) is 19.2 Å². The molecule has 1 aromatic carbocycles. The Morgan fingerprint density at radius 2 is 1.96 bits per heavy atom. The molecule has 0 saturated carbocycles. The number of carboxylic acid groups (broad SMARTS) is 1. The SMILES string of the molecule is Cc1nccc(CNC(=O)NC(CCC(=O)O)Cc2ccccc2)n1. The van der Waals surface area contributed by atoms with Gasteiger partial charge in [0.05, 0.1) is 12.2 Å². The van der Waals surface area contributed by atoms with Crippen LogP contribution in [0.1, 0.15) is 29.9 Å². The average molecular weight is 342 g/mol. The highest BCUT2D eigenvalue weighted by Gasteiger charge is 2.14. The lowest BCUT2D eigenvalue weighted by Crippen LogP contribution is -2.43. The van der Waals surface area contributed by atoms with E-state index in [9.17, 15) is 9.59 Å². The van der Waals surface area contributed by atoms with E-state index in [4.69, 9.17) is 5.11 Å². The van der Waals surface area contributed by atoms with Crippen LogP contribution in [-0.2, 0) is 17.8 Å². The van der Waals surface area contributed by atoms with Gasteiger partial charge in [0.15, 0.2) is 0 Å². The smallest absolute Gasteiger partial charge is 0.315 e. The van der Waals surface area contributed by atoms with Crippen molar-refractivity contribution in [3.8, 4) is 0 Å². The maximum Gasteiger partial charge on any atom is 0.315 e. The summed E-state index contributed by atoms with van der Waals surface area (Å²) in [5, 5.41) is 14.5. The molecule has 1 atom stereocenters. The number of aliphatic carboxylic acids is 1. The Bertz CT molecular complexity index is 706. The number of urea groups is 1. The zero-order chi connectivity index (χ0) is 18.1. The summed E-state index contributed by atoms with van der Waals surface area (Å²) in [5.74, 6) is -0.236. The molecule has 0 saturated heterocycles. The fourth-order valence-electron chi connectivity index (χ4n) is 2.43. The van der Waals surface area contributed by atoms with E-state index in [-0.39, 0.29) is 25.0 Å². The molecule has 7 heteroatoms. The summed E-state index contributed by atoms with van der Waals surface area (Å²) in [7, 11) is 0. The summed E-state index contributed by atoms with van der Waals surface area (Å²) in [6.45, 7) is 2.07. The first-order valence-corrected chi connectivity index (χ1v) is 8.11. The molecule has 3 N–H and O–H groups in total. The van der Waals surface area contributed by atoms with Crippen molar-refractivity contribution in [3.63, 3.8) is 0 Å². The second-order valence-corrected chi connectivity index (χ2v) is 5.74. The van der Waals surface area contributed by atoms with Crippen LogP contribution >= 0.6 is 0 Å².